The van der Waals surface area contributed by atoms with Crippen molar-refractivity contribution < 1.29 is 19.4 Å². The first-order chi connectivity index (χ1) is 6.27. The van der Waals surface area contributed by atoms with Crippen molar-refractivity contribution in [3.05, 3.63) is 11.8 Å². The fourth-order valence-electron chi connectivity index (χ4n) is 2.17. The standard InChI is InChI=1S/C9H12O4/c1-12-7-3-2-5-6(4-10)9(11)13-8(5)7/h4-5,7-8,10H,2-3H2,1H3/b6-4-. The molecule has 72 valence electrons. The van der Waals surface area contributed by atoms with Gasteiger partial charge in [0.05, 0.1) is 17.9 Å². The molecule has 0 aromatic heterocycles. The van der Waals surface area contributed by atoms with E-state index in [-0.39, 0.29) is 18.1 Å². The van der Waals surface area contributed by atoms with Crippen LogP contribution in [0.15, 0.2) is 11.8 Å². The minimum absolute atomic E-state index is 0.00796. The molecule has 0 aromatic rings. The van der Waals surface area contributed by atoms with Gasteiger partial charge < -0.3 is 14.6 Å². The van der Waals surface area contributed by atoms with Gasteiger partial charge in [-0.1, -0.05) is 0 Å². The summed E-state index contributed by atoms with van der Waals surface area (Å²) in [6.07, 6.45) is 2.41. The molecular formula is C9H12O4. The topological polar surface area (TPSA) is 55.8 Å². The molecule has 13 heavy (non-hydrogen) atoms. The zero-order valence-electron chi connectivity index (χ0n) is 7.40. The molecule has 3 atom stereocenters. The summed E-state index contributed by atoms with van der Waals surface area (Å²) in [5.41, 5.74) is 0.393. The van der Waals surface area contributed by atoms with Gasteiger partial charge in [-0.2, -0.15) is 0 Å². The minimum Gasteiger partial charge on any atom is -0.515 e. The number of esters is 1. The van der Waals surface area contributed by atoms with Gasteiger partial charge in [0.1, 0.15) is 6.10 Å². The second-order valence-corrected chi connectivity index (χ2v) is 3.41. The molecule has 0 amide bonds. The molecule has 2 aliphatic rings. The van der Waals surface area contributed by atoms with Crippen LogP contribution < -0.4 is 0 Å². The van der Waals surface area contributed by atoms with Gasteiger partial charge in [0.2, 0.25) is 0 Å². The quantitative estimate of drug-likeness (QED) is 0.371. The van der Waals surface area contributed by atoms with E-state index in [9.17, 15) is 4.79 Å². The first kappa shape index (κ1) is 8.56. The van der Waals surface area contributed by atoms with Crippen LogP contribution >= 0.6 is 0 Å². The van der Waals surface area contributed by atoms with Gasteiger partial charge in [0, 0.05) is 13.0 Å². The Balaban J connectivity index is 2.21. The Hall–Kier alpha value is -1.03. The van der Waals surface area contributed by atoms with Crippen LogP contribution in [-0.4, -0.2) is 30.4 Å². The Morgan fingerprint density at radius 2 is 2.38 bits per heavy atom. The summed E-state index contributed by atoms with van der Waals surface area (Å²) in [5, 5.41) is 8.84. The molecule has 4 heteroatoms. The van der Waals surface area contributed by atoms with Gasteiger partial charge in [0.25, 0.3) is 0 Å². The van der Waals surface area contributed by atoms with E-state index in [4.69, 9.17) is 14.6 Å². The Labute approximate surface area is 76.1 Å². The monoisotopic (exact) mass is 184 g/mol. The third-order valence-electron chi connectivity index (χ3n) is 2.85. The number of methoxy groups -OCH3 is 1. The number of aliphatic hydroxyl groups excluding tert-OH is 1. The summed E-state index contributed by atoms with van der Waals surface area (Å²) in [5.74, 6) is -0.373. The van der Waals surface area contributed by atoms with Gasteiger partial charge in [-0.05, 0) is 12.8 Å². The predicted octanol–water partition coefficient (Wildman–Crippen LogP) is 0.779. The lowest BCUT2D eigenvalue weighted by Crippen LogP contribution is -2.25. The highest BCUT2D eigenvalue weighted by molar-refractivity contribution is 5.91. The molecule has 3 unspecified atom stereocenters. The molecule has 0 aromatic carbocycles. The van der Waals surface area contributed by atoms with Crippen molar-refractivity contribution in [2.75, 3.05) is 7.11 Å². The summed E-state index contributed by atoms with van der Waals surface area (Å²) in [6, 6.07) is 0. The maximum atomic E-state index is 11.2. The number of hydrogen-bond acceptors (Lipinski definition) is 4. The summed E-state index contributed by atoms with van der Waals surface area (Å²) < 4.78 is 10.3. The van der Waals surface area contributed by atoms with Gasteiger partial charge >= 0.3 is 5.97 Å². The summed E-state index contributed by atoms with van der Waals surface area (Å²) in [7, 11) is 1.61. The van der Waals surface area contributed by atoms with Crippen molar-refractivity contribution in [2.24, 2.45) is 5.92 Å². The van der Waals surface area contributed by atoms with E-state index in [1.807, 2.05) is 0 Å². The third kappa shape index (κ3) is 1.13. The summed E-state index contributed by atoms with van der Waals surface area (Å²) in [4.78, 5) is 11.2. The highest BCUT2D eigenvalue weighted by Crippen LogP contribution is 2.40. The fourth-order valence-corrected chi connectivity index (χ4v) is 2.17. The maximum Gasteiger partial charge on any atom is 0.337 e. The lowest BCUT2D eigenvalue weighted by atomic mass is 9.99. The largest absolute Gasteiger partial charge is 0.515 e. The highest BCUT2D eigenvalue weighted by atomic mass is 16.6. The van der Waals surface area contributed by atoms with Crippen LogP contribution in [0.1, 0.15) is 12.8 Å². The minimum atomic E-state index is -0.403. The van der Waals surface area contributed by atoms with Crippen molar-refractivity contribution in [3.8, 4) is 0 Å². The van der Waals surface area contributed by atoms with Gasteiger partial charge in [0.15, 0.2) is 0 Å². The van der Waals surface area contributed by atoms with E-state index >= 15 is 0 Å². The van der Waals surface area contributed by atoms with Gasteiger partial charge in [-0.15, -0.1) is 0 Å². The lowest BCUT2D eigenvalue weighted by Gasteiger charge is -2.14. The van der Waals surface area contributed by atoms with Crippen LogP contribution in [0.3, 0.4) is 0 Å². The molecule has 0 bridgehead atoms. The SMILES string of the molecule is COC1CCC2/C(=C/O)C(=O)OC12. The average molecular weight is 184 g/mol. The second kappa shape index (κ2) is 3.03. The predicted molar refractivity (Wildman–Crippen MR) is 44.1 cm³/mol. The van der Waals surface area contributed by atoms with Crippen molar-refractivity contribution in [1.82, 2.24) is 0 Å². The molecule has 0 spiro atoms. The Bertz CT molecular complexity index is 258. The van der Waals surface area contributed by atoms with E-state index in [0.29, 0.717) is 5.57 Å². The molecule has 1 saturated heterocycles. The molecular weight excluding hydrogens is 172 g/mol. The zero-order valence-corrected chi connectivity index (χ0v) is 7.40. The molecule has 1 aliphatic carbocycles. The van der Waals surface area contributed by atoms with E-state index in [2.05, 4.69) is 0 Å². The summed E-state index contributed by atoms with van der Waals surface area (Å²) >= 11 is 0. The molecule has 1 N–H and O–H groups in total. The van der Waals surface area contributed by atoms with Gasteiger partial charge in [-0.25, -0.2) is 4.79 Å². The number of carbonyl (C=O) groups is 1. The molecule has 1 heterocycles. The molecule has 2 rings (SSSR count). The number of carbonyl (C=O) groups excluding carboxylic acids is 1. The van der Waals surface area contributed by atoms with Crippen LogP contribution in [0.4, 0.5) is 0 Å². The number of aliphatic hydroxyl groups is 1. The normalized spacial score (nSPS) is 40.8. The number of fused-ring (bicyclic) bond motifs is 1. The molecule has 2 fully saturated rings. The van der Waals surface area contributed by atoms with Crippen molar-refractivity contribution in [2.45, 2.75) is 25.0 Å². The Kier molecular flexibility index (Phi) is 2.00. The Morgan fingerprint density at radius 1 is 1.62 bits per heavy atom. The highest BCUT2D eigenvalue weighted by Gasteiger charge is 2.48. The van der Waals surface area contributed by atoms with Gasteiger partial charge in [-0.3, -0.25) is 0 Å². The number of hydrogen-bond donors (Lipinski definition) is 1. The van der Waals surface area contributed by atoms with Crippen molar-refractivity contribution in [1.29, 1.82) is 0 Å². The Morgan fingerprint density at radius 3 is 3.00 bits per heavy atom. The van der Waals surface area contributed by atoms with Crippen molar-refractivity contribution in [3.63, 3.8) is 0 Å². The van der Waals surface area contributed by atoms with Crippen LogP contribution in [0.5, 0.6) is 0 Å². The average Bonchev–Trinajstić information content (AvgIpc) is 2.62. The molecule has 0 radical (unpaired) electrons. The zero-order chi connectivity index (χ0) is 9.42. The molecule has 1 aliphatic heterocycles. The van der Waals surface area contributed by atoms with E-state index in [0.717, 1.165) is 19.1 Å². The van der Waals surface area contributed by atoms with Crippen molar-refractivity contribution >= 4 is 5.97 Å². The van der Waals surface area contributed by atoms with E-state index < -0.39 is 5.97 Å². The summed E-state index contributed by atoms with van der Waals surface area (Å²) in [6.45, 7) is 0. The molecule has 4 nitrogen and oxygen atoms in total. The first-order valence-electron chi connectivity index (χ1n) is 4.36. The van der Waals surface area contributed by atoms with Crippen LogP contribution in [0, 0.1) is 5.92 Å². The molecule has 1 saturated carbocycles. The van der Waals surface area contributed by atoms with Crippen LogP contribution in [0.25, 0.3) is 0 Å². The number of ether oxygens (including phenoxy) is 2. The van der Waals surface area contributed by atoms with Crippen LogP contribution in [0.2, 0.25) is 0 Å². The fraction of sp³-hybridized carbons (Fsp3) is 0.667. The first-order valence-corrected chi connectivity index (χ1v) is 4.36. The number of rotatable bonds is 1. The van der Waals surface area contributed by atoms with Crippen LogP contribution in [-0.2, 0) is 14.3 Å². The second-order valence-electron chi connectivity index (χ2n) is 3.41. The van der Waals surface area contributed by atoms with E-state index in [1.165, 1.54) is 0 Å². The third-order valence-corrected chi connectivity index (χ3v) is 2.85. The smallest absolute Gasteiger partial charge is 0.337 e. The lowest BCUT2D eigenvalue weighted by molar-refractivity contribution is -0.143. The van der Waals surface area contributed by atoms with E-state index in [1.54, 1.807) is 7.11 Å². The maximum absolute atomic E-state index is 11.2.